The van der Waals surface area contributed by atoms with Crippen molar-refractivity contribution in [1.82, 2.24) is 0 Å². The SMILES string of the molecule is Fc1c(F)c(F)c(C#CC(c2c(F)c(F)c(F)c(F)c2-c2c(F)c(F)c(F)c(F)c2F)(c2c(F)c(F)c(F)c(F)c2-c2c(F)c(F)c(F)c(F)c2F)c2c(F)c(F)c(F)c(F)c2-c2c(F)c(F)c(F)c(F)c2F)c(F)c1F. The number of rotatable bonds is 6. The fourth-order valence-corrected chi connectivity index (χ4v) is 7.56. The minimum atomic E-state index is -6.83. The van der Waals surface area contributed by atoms with Gasteiger partial charge in [0.15, 0.2) is 163 Å². The summed E-state index contributed by atoms with van der Waals surface area (Å²) < 4.78 is 501. The fourth-order valence-electron chi connectivity index (χ4n) is 7.56. The van der Waals surface area contributed by atoms with Gasteiger partial charge in [-0.3, -0.25) is 0 Å². The van der Waals surface area contributed by atoms with Crippen LogP contribution in [0.4, 0.5) is 140 Å². The monoisotopic (exact) mass is 1150 g/mol. The van der Waals surface area contributed by atoms with Gasteiger partial charge in [0.05, 0.1) is 16.7 Å². The molecule has 0 nitrogen and oxygen atoms in total. The second-order valence-electron chi connectivity index (χ2n) is 14.8. The maximum absolute atomic E-state index is 17.4. The third-order valence-electron chi connectivity index (χ3n) is 10.9. The van der Waals surface area contributed by atoms with E-state index < -0.39 is 247 Å². The summed E-state index contributed by atoms with van der Waals surface area (Å²) >= 11 is 0. The molecule has 7 rings (SSSR count). The molecule has 7 aromatic rings. The second-order valence-corrected chi connectivity index (χ2v) is 14.8. The third kappa shape index (κ3) is 7.67. The molecule has 77 heavy (non-hydrogen) atoms. The molecule has 0 radical (unpaired) electrons. The Morgan fingerprint density at radius 2 is 0.299 bits per heavy atom. The Kier molecular flexibility index (Phi) is 14.1. The highest BCUT2D eigenvalue weighted by atomic mass is 19.2. The molecule has 0 aliphatic heterocycles. The number of halogens is 32. The predicted octanol–water partition coefficient (Wildman–Crippen LogP) is 15.5. The van der Waals surface area contributed by atoms with Crippen LogP contribution in [-0.2, 0) is 5.41 Å². The lowest BCUT2D eigenvalue weighted by Crippen LogP contribution is -2.37. The summed E-state index contributed by atoms with van der Waals surface area (Å²) in [5, 5.41) is 0. The Balaban J connectivity index is 2.12. The summed E-state index contributed by atoms with van der Waals surface area (Å²) in [6.07, 6.45) is 0. The molecule has 7 aromatic carbocycles. The average Bonchev–Trinajstić information content (AvgIpc) is 3.40. The summed E-state index contributed by atoms with van der Waals surface area (Å²) in [5.41, 5.74) is -45.5. The van der Waals surface area contributed by atoms with Gasteiger partial charge in [-0.25, -0.2) is 140 Å². The van der Waals surface area contributed by atoms with E-state index in [1.54, 1.807) is 0 Å². The van der Waals surface area contributed by atoms with Crippen molar-refractivity contribution in [3.63, 3.8) is 0 Å². The van der Waals surface area contributed by atoms with E-state index in [2.05, 4.69) is 0 Å². The van der Waals surface area contributed by atoms with Gasteiger partial charge in [-0.2, -0.15) is 0 Å². The van der Waals surface area contributed by atoms with Crippen LogP contribution < -0.4 is 0 Å². The standard InChI is InChI=1S/C45F32/c46-13-3(14(47)28(61)41(74)27(13)60)1-2-45(10-4(15(48)29(62)38(71)24(10)57)7-18(51)32(65)42(75)33(66)19(7)52,11-5(16(49)30(63)39(72)25(11)58)8-20(53)34(67)43(76)35(68)21(8)54)12-6(17(50)31(64)40(73)26(12)59)9-22(55)36(69)44(77)37(70)23(9)56. The van der Waals surface area contributed by atoms with Crippen LogP contribution in [0.1, 0.15) is 22.3 Å². The zero-order valence-corrected chi connectivity index (χ0v) is 34.6. The molecule has 0 aliphatic rings. The van der Waals surface area contributed by atoms with Crippen molar-refractivity contribution in [2.45, 2.75) is 5.41 Å². The molecule has 0 saturated carbocycles. The third-order valence-corrected chi connectivity index (χ3v) is 10.9. The highest BCUT2D eigenvalue weighted by Crippen LogP contribution is 2.57. The molecule has 0 N–H and O–H groups in total. The lowest BCUT2D eigenvalue weighted by Gasteiger charge is -2.37. The largest absolute Gasteiger partial charge is 0.203 e. The zero-order valence-electron chi connectivity index (χ0n) is 34.6. The topological polar surface area (TPSA) is 0 Å². The summed E-state index contributed by atoms with van der Waals surface area (Å²) in [6.45, 7) is 0. The van der Waals surface area contributed by atoms with E-state index in [4.69, 9.17) is 0 Å². The van der Waals surface area contributed by atoms with Crippen molar-refractivity contribution in [2.75, 3.05) is 0 Å². The smallest absolute Gasteiger partial charge is 0.200 e. The van der Waals surface area contributed by atoms with Gasteiger partial charge in [0.25, 0.3) is 0 Å². The van der Waals surface area contributed by atoms with Crippen molar-refractivity contribution >= 4 is 0 Å². The van der Waals surface area contributed by atoms with E-state index in [1.807, 2.05) is 0 Å². The van der Waals surface area contributed by atoms with Gasteiger partial charge in [0.2, 0.25) is 23.3 Å². The molecule has 0 spiro atoms. The molecule has 0 aromatic heterocycles. The number of hydrogen-bond donors (Lipinski definition) is 0. The van der Waals surface area contributed by atoms with E-state index >= 15 is 114 Å². The van der Waals surface area contributed by atoms with Crippen LogP contribution in [0.2, 0.25) is 0 Å². The van der Waals surface area contributed by atoms with Gasteiger partial charge in [-0.05, 0) is 0 Å². The van der Waals surface area contributed by atoms with Crippen LogP contribution in [-0.4, -0.2) is 0 Å². The molecular formula is C45F32. The maximum atomic E-state index is 17.4. The Bertz CT molecular complexity index is 3460. The fraction of sp³-hybridized carbons (Fsp3) is 0.0222. The minimum absolute atomic E-state index is 0.175. The molecule has 32 heteroatoms. The van der Waals surface area contributed by atoms with Crippen LogP contribution >= 0.6 is 0 Å². The molecule has 0 atom stereocenters. The van der Waals surface area contributed by atoms with E-state index in [0.29, 0.717) is 0 Å². The second kappa shape index (κ2) is 19.2. The van der Waals surface area contributed by atoms with Gasteiger partial charge < -0.3 is 0 Å². The molecule has 0 unspecified atom stereocenters. The van der Waals surface area contributed by atoms with Crippen molar-refractivity contribution < 1.29 is 140 Å². The van der Waals surface area contributed by atoms with Crippen LogP contribution in [0.3, 0.4) is 0 Å². The van der Waals surface area contributed by atoms with Crippen molar-refractivity contribution in [1.29, 1.82) is 0 Å². The molecule has 0 aliphatic carbocycles. The first kappa shape index (κ1) is 56.6. The first-order valence-corrected chi connectivity index (χ1v) is 18.8. The Morgan fingerprint density at radius 3 is 0.494 bits per heavy atom. The zero-order chi connectivity index (χ0) is 58.2. The average molecular weight is 1150 g/mol. The van der Waals surface area contributed by atoms with Gasteiger partial charge >= 0.3 is 0 Å². The van der Waals surface area contributed by atoms with Gasteiger partial charge in [0.1, 0.15) is 11.0 Å². The Labute approximate surface area is 399 Å². The summed E-state index contributed by atoms with van der Waals surface area (Å²) in [6, 6.07) is 0. The lowest BCUT2D eigenvalue weighted by molar-refractivity contribution is 0.371. The molecule has 404 valence electrons. The van der Waals surface area contributed by atoms with Crippen LogP contribution in [0, 0.1) is 198 Å². The number of hydrogen-bond acceptors (Lipinski definition) is 0. The van der Waals surface area contributed by atoms with E-state index in [9.17, 15) is 26.3 Å². The minimum Gasteiger partial charge on any atom is -0.203 e. The van der Waals surface area contributed by atoms with Gasteiger partial charge in [-0.15, -0.1) is 0 Å². The number of benzene rings is 7. The van der Waals surface area contributed by atoms with Gasteiger partial charge in [-0.1, -0.05) is 11.8 Å². The molecule has 0 bridgehead atoms. The summed E-state index contributed by atoms with van der Waals surface area (Å²) in [5.74, 6) is -123. The molecule has 0 heterocycles. The molecule has 0 fully saturated rings. The van der Waals surface area contributed by atoms with Crippen molar-refractivity contribution in [3.05, 3.63) is 208 Å². The summed E-state index contributed by atoms with van der Waals surface area (Å²) in [4.78, 5) is 0. The van der Waals surface area contributed by atoms with Crippen molar-refractivity contribution in [2.24, 2.45) is 0 Å². The molecule has 0 amide bonds. The van der Waals surface area contributed by atoms with E-state index in [-0.39, 0.29) is 11.8 Å². The Hall–Kier alpha value is -8.14. The van der Waals surface area contributed by atoms with Crippen LogP contribution in [0.15, 0.2) is 0 Å². The van der Waals surface area contributed by atoms with E-state index in [0.717, 1.165) is 0 Å². The van der Waals surface area contributed by atoms with E-state index in [1.165, 1.54) is 0 Å². The van der Waals surface area contributed by atoms with Crippen LogP contribution in [0.5, 0.6) is 0 Å². The Morgan fingerprint density at radius 1 is 0.156 bits per heavy atom. The predicted molar refractivity (Wildman–Crippen MR) is 187 cm³/mol. The van der Waals surface area contributed by atoms with Gasteiger partial charge in [0, 0.05) is 33.4 Å². The summed E-state index contributed by atoms with van der Waals surface area (Å²) in [7, 11) is 0. The lowest BCUT2D eigenvalue weighted by atomic mass is 9.63. The van der Waals surface area contributed by atoms with Crippen LogP contribution in [0.25, 0.3) is 33.4 Å². The highest BCUT2D eigenvalue weighted by Gasteiger charge is 2.55. The first-order valence-electron chi connectivity index (χ1n) is 18.8. The highest BCUT2D eigenvalue weighted by molar-refractivity contribution is 5.86. The molecule has 0 saturated heterocycles. The van der Waals surface area contributed by atoms with Crippen molar-refractivity contribution in [3.8, 4) is 45.2 Å². The quantitative estimate of drug-likeness (QED) is 0.0512. The maximum Gasteiger partial charge on any atom is 0.200 e. The molecular weight excluding hydrogens is 1150 g/mol. The first-order chi connectivity index (χ1) is 35.6. The normalized spacial score (nSPS) is 11.8.